The molecule has 0 aromatic rings. The topological polar surface area (TPSA) is 58.7 Å². The second-order valence-corrected chi connectivity index (χ2v) is 6.46. The molecule has 0 spiro atoms. The van der Waals surface area contributed by atoms with Crippen LogP contribution in [-0.2, 0) is 4.74 Å². The smallest absolute Gasteiger partial charge is 0.0940 e. The van der Waals surface area contributed by atoms with E-state index >= 15 is 0 Å². The highest BCUT2D eigenvalue weighted by Gasteiger charge is 2.38. The fourth-order valence-corrected chi connectivity index (χ4v) is 3.63. The summed E-state index contributed by atoms with van der Waals surface area (Å²) in [5.74, 6) is 0.618. The van der Waals surface area contributed by atoms with Crippen molar-refractivity contribution in [1.29, 1.82) is 0 Å². The molecular formula is C14H28N2O2. The Labute approximate surface area is 110 Å². The van der Waals surface area contributed by atoms with Crippen molar-refractivity contribution in [2.45, 2.75) is 57.3 Å². The summed E-state index contributed by atoms with van der Waals surface area (Å²) in [6.45, 7) is 6.92. The number of nitrogens with two attached hydrogens (primary N) is 1. The molecule has 0 bridgehead atoms. The van der Waals surface area contributed by atoms with Crippen LogP contribution in [0.5, 0.6) is 0 Å². The van der Waals surface area contributed by atoms with E-state index in [0.29, 0.717) is 12.0 Å². The van der Waals surface area contributed by atoms with Crippen molar-refractivity contribution in [3.63, 3.8) is 0 Å². The first-order chi connectivity index (χ1) is 8.55. The Bertz CT molecular complexity index is 271. The van der Waals surface area contributed by atoms with Crippen LogP contribution in [0.25, 0.3) is 0 Å². The summed E-state index contributed by atoms with van der Waals surface area (Å²) in [6, 6.07) is 0.584. The number of aliphatic hydroxyl groups excluding tert-OH is 1. The minimum Gasteiger partial charge on any atom is -0.394 e. The van der Waals surface area contributed by atoms with Gasteiger partial charge in [0, 0.05) is 19.1 Å². The maximum absolute atomic E-state index is 9.39. The van der Waals surface area contributed by atoms with Crippen molar-refractivity contribution in [2.24, 2.45) is 11.7 Å². The largest absolute Gasteiger partial charge is 0.394 e. The molecule has 0 amide bonds. The molecule has 4 heteroatoms. The lowest BCUT2D eigenvalue weighted by atomic mass is 9.82. The molecule has 2 fully saturated rings. The van der Waals surface area contributed by atoms with Gasteiger partial charge in [0.25, 0.3) is 0 Å². The zero-order valence-corrected chi connectivity index (χ0v) is 11.8. The van der Waals surface area contributed by atoms with Gasteiger partial charge in [-0.25, -0.2) is 0 Å². The molecule has 106 valence electrons. The third-order valence-corrected chi connectivity index (χ3v) is 4.35. The lowest BCUT2D eigenvalue weighted by Gasteiger charge is -2.48. The molecule has 3 unspecified atom stereocenters. The fourth-order valence-electron chi connectivity index (χ4n) is 3.63. The van der Waals surface area contributed by atoms with E-state index < -0.39 is 0 Å². The molecule has 1 saturated heterocycles. The van der Waals surface area contributed by atoms with Crippen molar-refractivity contribution in [1.82, 2.24) is 4.90 Å². The molecule has 1 heterocycles. The van der Waals surface area contributed by atoms with Crippen LogP contribution in [0.2, 0.25) is 0 Å². The van der Waals surface area contributed by atoms with Gasteiger partial charge >= 0.3 is 0 Å². The van der Waals surface area contributed by atoms with E-state index in [4.69, 9.17) is 10.5 Å². The van der Waals surface area contributed by atoms with Gasteiger partial charge in [0.05, 0.1) is 18.3 Å². The predicted octanol–water partition coefficient (Wildman–Crippen LogP) is 0.976. The molecule has 4 nitrogen and oxygen atoms in total. The summed E-state index contributed by atoms with van der Waals surface area (Å²) < 4.78 is 5.89. The molecule has 2 aliphatic rings. The maximum Gasteiger partial charge on any atom is 0.0940 e. The van der Waals surface area contributed by atoms with Crippen molar-refractivity contribution >= 4 is 0 Å². The molecule has 3 N–H and O–H groups in total. The van der Waals surface area contributed by atoms with Gasteiger partial charge in [-0.05, 0) is 39.2 Å². The Morgan fingerprint density at radius 2 is 2.06 bits per heavy atom. The predicted molar refractivity (Wildman–Crippen MR) is 72.4 cm³/mol. The number of nitrogens with zero attached hydrogens (tertiary/aromatic N) is 1. The molecule has 1 aliphatic heterocycles. The lowest BCUT2D eigenvalue weighted by Crippen LogP contribution is -2.59. The van der Waals surface area contributed by atoms with Gasteiger partial charge in [-0.3, -0.25) is 4.90 Å². The Hall–Kier alpha value is -0.160. The van der Waals surface area contributed by atoms with Gasteiger partial charge in [-0.1, -0.05) is 12.8 Å². The molecule has 2 rings (SSSR count). The number of hydrogen-bond donors (Lipinski definition) is 2. The van der Waals surface area contributed by atoms with Gasteiger partial charge in [0.1, 0.15) is 0 Å². The van der Waals surface area contributed by atoms with Crippen LogP contribution in [0, 0.1) is 5.92 Å². The lowest BCUT2D eigenvalue weighted by molar-refractivity contribution is -0.162. The normalized spacial score (nSPS) is 37.7. The molecule has 1 aliphatic carbocycles. The third-order valence-electron chi connectivity index (χ3n) is 4.35. The van der Waals surface area contributed by atoms with Gasteiger partial charge in [0.2, 0.25) is 0 Å². The number of morpholine rings is 1. The SMILES string of the molecule is CC1(C)CN(C2CCCCC2CN)CC(CO)O1. The Balaban J connectivity index is 2.05. The van der Waals surface area contributed by atoms with Crippen molar-refractivity contribution in [3.8, 4) is 0 Å². The average molecular weight is 256 g/mol. The molecule has 0 aromatic carbocycles. The highest BCUT2D eigenvalue weighted by Crippen LogP contribution is 2.32. The first-order valence-electron chi connectivity index (χ1n) is 7.28. The van der Waals surface area contributed by atoms with E-state index in [9.17, 15) is 5.11 Å². The summed E-state index contributed by atoms with van der Waals surface area (Å²) in [5.41, 5.74) is 5.76. The van der Waals surface area contributed by atoms with Gasteiger partial charge < -0.3 is 15.6 Å². The second kappa shape index (κ2) is 5.87. The first kappa shape index (κ1) is 14.3. The first-order valence-corrected chi connectivity index (χ1v) is 7.28. The Morgan fingerprint density at radius 1 is 1.33 bits per heavy atom. The number of ether oxygens (including phenoxy) is 1. The van der Waals surface area contributed by atoms with Crippen molar-refractivity contribution < 1.29 is 9.84 Å². The monoisotopic (exact) mass is 256 g/mol. The van der Waals surface area contributed by atoms with E-state index in [-0.39, 0.29) is 18.3 Å². The molecule has 3 atom stereocenters. The zero-order valence-electron chi connectivity index (χ0n) is 11.8. The van der Waals surface area contributed by atoms with E-state index in [0.717, 1.165) is 19.6 Å². The fraction of sp³-hybridized carbons (Fsp3) is 1.00. The van der Waals surface area contributed by atoms with Crippen LogP contribution in [0.4, 0.5) is 0 Å². The Morgan fingerprint density at radius 3 is 2.72 bits per heavy atom. The molecule has 0 aromatic heterocycles. The third kappa shape index (κ3) is 3.23. The van der Waals surface area contributed by atoms with Crippen LogP contribution >= 0.6 is 0 Å². The Kier molecular flexibility index (Phi) is 4.64. The molecule has 0 radical (unpaired) electrons. The van der Waals surface area contributed by atoms with Crippen LogP contribution in [0.3, 0.4) is 0 Å². The summed E-state index contributed by atoms with van der Waals surface area (Å²) in [4.78, 5) is 2.51. The van der Waals surface area contributed by atoms with Gasteiger partial charge in [0.15, 0.2) is 0 Å². The molecular weight excluding hydrogens is 228 g/mol. The summed E-state index contributed by atoms with van der Waals surface area (Å²) in [6.07, 6.45) is 5.08. The van der Waals surface area contributed by atoms with Gasteiger partial charge in [-0.2, -0.15) is 0 Å². The highest BCUT2D eigenvalue weighted by atomic mass is 16.5. The summed E-state index contributed by atoms with van der Waals surface area (Å²) in [5, 5.41) is 9.39. The van der Waals surface area contributed by atoms with Crippen molar-refractivity contribution in [2.75, 3.05) is 26.2 Å². The average Bonchev–Trinajstić information content (AvgIpc) is 2.36. The van der Waals surface area contributed by atoms with Crippen LogP contribution in [-0.4, -0.2) is 54.0 Å². The van der Waals surface area contributed by atoms with E-state index in [1.165, 1.54) is 25.7 Å². The van der Waals surface area contributed by atoms with Crippen molar-refractivity contribution in [3.05, 3.63) is 0 Å². The van der Waals surface area contributed by atoms with E-state index in [1.54, 1.807) is 0 Å². The van der Waals surface area contributed by atoms with Crippen LogP contribution in [0.1, 0.15) is 39.5 Å². The van der Waals surface area contributed by atoms with Gasteiger partial charge in [-0.15, -0.1) is 0 Å². The number of rotatable bonds is 3. The minimum absolute atomic E-state index is 0.0471. The van der Waals surface area contributed by atoms with Crippen LogP contribution in [0.15, 0.2) is 0 Å². The van der Waals surface area contributed by atoms with E-state index in [2.05, 4.69) is 18.7 Å². The standard InChI is InChI=1S/C14H28N2O2/c1-14(2)10-16(8-12(9-17)18-14)13-6-4-3-5-11(13)7-15/h11-13,17H,3-10,15H2,1-2H3. The molecule has 18 heavy (non-hydrogen) atoms. The maximum atomic E-state index is 9.39. The number of aliphatic hydroxyl groups is 1. The second-order valence-electron chi connectivity index (χ2n) is 6.46. The number of hydrogen-bond acceptors (Lipinski definition) is 4. The van der Waals surface area contributed by atoms with E-state index in [1.807, 2.05) is 0 Å². The quantitative estimate of drug-likeness (QED) is 0.790. The van der Waals surface area contributed by atoms with Crippen LogP contribution < -0.4 is 5.73 Å². The minimum atomic E-state index is -0.164. The summed E-state index contributed by atoms with van der Waals surface area (Å²) in [7, 11) is 0. The summed E-state index contributed by atoms with van der Waals surface area (Å²) >= 11 is 0. The zero-order chi connectivity index (χ0) is 13.2. The molecule has 1 saturated carbocycles. The highest BCUT2D eigenvalue weighted by molar-refractivity contribution is 4.91.